The second-order valence-electron chi connectivity index (χ2n) is 4.88. The predicted octanol–water partition coefficient (Wildman–Crippen LogP) is 3.45. The molecular formula is C15H10BrFN2O4S. The number of hydrogen-bond donors (Lipinski definition) is 1. The molecule has 0 fully saturated rings. The lowest BCUT2D eigenvalue weighted by Gasteiger charge is -2.11. The first-order valence-corrected chi connectivity index (χ1v) is 8.81. The molecule has 0 saturated heterocycles. The molecule has 0 atom stereocenters. The average Bonchev–Trinajstić information content (AvgIpc) is 2.55. The number of halogens is 2. The highest BCUT2D eigenvalue weighted by molar-refractivity contribution is 9.10. The lowest BCUT2D eigenvalue weighted by atomic mass is 10.0. The molecule has 3 rings (SSSR count). The van der Waals surface area contributed by atoms with Crippen molar-refractivity contribution in [2.45, 2.75) is 4.90 Å². The third-order valence-corrected chi connectivity index (χ3v) is 4.89. The van der Waals surface area contributed by atoms with E-state index in [2.05, 4.69) is 26.1 Å². The molecule has 1 N–H and O–H groups in total. The topological polar surface area (TPSA) is 89.4 Å². The van der Waals surface area contributed by atoms with Gasteiger partial charge in [-0.2, -0.15) is 13.5 Å². The molecule has 0 amide bonds. The molecule has 1 aromatic heterocycles. The first-order valence-electron chi connectivity index (χ1n) is 6.57. The number of rotatable bonds is 3. The Hall–Kier alpha value is -2.10. The van der Waals surface area contributed by atoms with Gasteiger partial charge in [0, 0.05) is 16.3 Å². The van der Waals surface area contributed by atoms with Crippen molar-refractivity contribution in [3.63, 3.8) is 0 Å². The lowest BCUT2D eigenvalue weighted by molar-refractivity contribution is 0.415. The number of hydrogen-bond acceptors (Lipinski definition) is 5. The number of aromatic nitrogens is 2. The van der Waals surface area contributed by atoms with Crippen LogP contribution in [0.1, 0.15) is 0 Å². The first-order chi connectivity index (χ1) is 11.3. The van der Waals surface area contributed by atoms with Crippen LogP contribution in [0.3, 0.4) is 0 Å². The summed E-state index contributed by atoms with van der Waals surface area (Å²) in [7, 11) is -2.89. The maximum Gasteiger partial charge on any atom is 0.294 e. The minimum atomic E-state index is -4.34. The molecule has 0 saturated carbocycles. The van der Waals surface area contributed by atoms with Crippen LogP contribution in [0.2, 0.25) is 0 Å². The van der Waals surface area contributed by atoms with Crippen molar-refractivity contribution >= 4 is 36.8 Å². The molecule has 1 heterocycles. The van der Waals surface area contributed by atoms with Crippen molar-refractivity contribution in [2.24, 2.45) is 0 Å². The minimum Gasteiger partial charge on any atom is -0.496 e. The maximum atomic E-state index is 13.9. The van der Waals surface area contributed by atoms with E-state index >= 15 is 0 Å². The van der Waals surface area contributed by atoms with Crippen LogP contribution in [-0.2, 0) is 10.1 Å². The van der Waals surface area contributed by atoms with Gasteiger partial charge in [-0.25, -0.2) is 4.39 Å². The Labute approximate surface area is 145 Å². The van der Waals surface area contributed by atoms with Crippen molar-refractivity contribution in [1.82, 2.24) is 10.2 Å². The van der Waals surface area contributed by atoms with E-state index < -0.39 is 15.9 Å². The molecule has 3 aromatic rings. The zero-order valence-corrected chi connectivity index (χ0v) is 14.6. The fourth-order valence-corrected chi connectivity index (χ4v) is 3.15. The van der Waals surface area contributed by atoms with Gasteiger partial charge in [0.25, 0.3) is 10.1 Å². The highest BCUT2D eigenvalue weighted by Crippen LogP contribution is 2.36. The quantitative estimate of drug-likeness (QED) is 0.662. The highest BCUT2D eigenvalue weighted by atomic mass is 79.9. The van der Waals surface area contributed by atoms with Crippen molar-refractivity contribution in [3.05, 3.63) is 46.8 Å². The first kappa shape index (κ1) is 16.7. The van der Waals surface area contributed by atoms with Crippen LogP contribution in [0.15, 0.2) is 45.9 Å². The van der Waals surface area contributed by atoms with Gasteiger partial charge >= 0.3 is 0 Å². The zero-order chi connectivity index (χ0) is 17.5. The van der Waals surface area contributed by atoms with Crippen molar-refractivity contribution in [3.8, 4) is 17.0 Å². The van der Waals surface area contributed by atoms with Gasteiger partial charge in [-0.05, 0) is 40.2 Å². The van der Waals surface area contributed by atoms with Crippen LogP contribution < -0.4 is 4.74 Å². The lowest BCUT2D eigenvalue weighted by Crippen LogP contribution is -1.99. The van der Waals surface area contributed by atoms with E-state index in [0.717, 1.165) is 0 Å². The predicted molar refractivity (Wildman–Crippen MR) is 89.0 cm³/mol. The fraction of sp³-hybridized carbons (Fsp3) is 0.0667. The Morgan fingerprint density at radius 1 is 1.25 bits per heavy atom. The van der Waals surface area contributed by atoms with Gasteiger partial charge < -0.3 is 4.74 Å². The second-order valence-corrected chi connectivity index (χ2v) is 7.16. The maximum absolute atomic E-state index is 13.9. The molecule has 0 spiro atoms. The zero-order valence-electron chi connectivity index (χ0n) is 12.2. The molecule has 0 aliphatic heterocycles. The number of ether oxygens (including phenoxy) is 1. The Balaban J connectivity index is 2.30. The average molecular weight is 413 g/mol. The summed E-state index contributed by atoms with van der Waals surface area (Å²) in [5, 5.41) is 8.82. The minimum absolute atomic E-state index is 0.241. The van der Waals surface area contributed by atoms with Crippen LogP contribution >= 0.6 is 15.9 Å². The summed E-state index contributed by atoms with van der Waals surface area (Å²) in [6.07, 6.45) is 1.36. The summed E-state index contributed by atoms with van der Waals surface area (Å²) >= 11 is 3.09. The molecule has 9 heteroatoms. The van der Waals surface area contributed by atoms with Crippen LogP contribution in [0, 0.1) is 5.82 Å². The second kappa shape index (κ2) is 6.08. The molecule has 2 aromatic carbocycles. The van der Waals surface area contributed by atoms with Gasteiger partial charge in [-0.1, -0.05) is 6.07 Å². The summed E-state index contributed by atoms with van der Waals surface area (Å²) in [5.41, 5.74) is 0.702. The fourth-order valence-electron chi connectivity index (χ4n) is 2.31. The van der Waals surface area contributed by atoms with Gasteiger partial charge in [-0.3, -0.25) is 4.55 Å². The molecule has 24 heavy (non-hydrogen) atoms. The molecule has 0 radical (unpaired) electrons. The Bertz CT molecular complexity index is 1060. The van der Waals surface area contributed by atoms with E-state index in [-0.39, 0.29) is 9.37 Å². The van der Waals surface area contributed by atoms with Crippen LogP contribution in [0.25, 0.3) is 22.0 Å². The standard InChI is InChI=1S/C15H10BrFN2O4S/c1-23-14-6-12(16)13(17)5-11(14)15-10-3-2-9(24(20,21)22)4-8(10)7-18-19-15/h2-7H,1H3,(H,20,21,22). The number of fused-ring (bicyclic) bond motifs is 1. The Morgan fingerprint density at radius 3 is 2.67 bits per heavy atom. The van der Waals surface area contributed by atoms with Gasteiger partial charge in [0.05, 0.1) is 22.7 Å². The number of methoxy groups -OCH3 is 1. The van der Waals surface area contributed by atoms with E-state index in [1.54, 1.807) is 0 Å². The third-order valence-electron chi connectivity index (χ3n) is 3.43. The van der Waals surface area contributed by atoms with E-state index in [0.29, 0.717) is 27.8 Å². The summed E-state index contributed by atoms with van der Waals surface area (Å²) in [4.78, 5) is -0.261. The summed E-state index contributed by atoms with van der Waals surface area (Å²) in [6, 6.07) is 6.71. The highest BCUT2D eigenvalue weighted by Gasteiger charge is 2.17. The van der Waals surface area contributed by atoms with Gasteiger partial charge in [0.1, 0.15) is 17.3 Å². The number of nitrogens with zero attached hydrogens (tertiary/aromatic N) is 2. The monoisotopic (exact) mass is 412 g/mol. The van der Waals surface area contributed by atoms with Gasteiger partial charge in [0.2, 0.25) is 0 Å². The number of benzene rings is 2. The molecule has 0 unspecified atom stereocenters. The van der Waals surface area contributed by atoms with Crippen LogP contribution in [-0.4, -0.2) is 30.3 Å². The Kier molecular flexibility index (Phi) is 4.24. The van der Waals surface area contributed by atoms with Crippen molar-refractivity contribution < 1.29 is 22.1 Å². The SMILES string of the molecule is COc1cc(Br)c(F)cc1-c1nncc2cc(S(=O)(=O)O)ccc12. The summed E-state index contributed by atoms with van der Waals surface area (Å²) < 4.78 is 51.1. The molecule has 6 nitrogen and oxygen atoms in total. The summed E-state index contributed by atoms with van der Waals surface area (Å²) in [6.45, 7) is 0. The molecule has 0 bridgehead atoms. The van der Waals surface area contributed by atoms with E-state index in [1.165, 1.54) is 43.6 Å². The molecule has 0 aliphatic carbocycles. The van der Waals surface area contributed by atoms with E-state index in [4.69, 9.17) is 9.29 Å². The van der Waals surface area contributed by atoms with Crippen molar-refractivity contribution in [1.29, 1.82) is 0 Å². The molecular weight excluding hydrogens is 403 g/mol. The molecule has 0 aliphatic rings. The van der Waals surface area contributed by atoms with Crippen LogP contribution in [0.4, 0.5) is 4.39 Å². The van der Waals surface area contributed by atoms with E-state index in [9.17, 15) is 12.8 Å². The van der Waals surface area contributed by atoms with E-state index in [1.807, 2.05) is 0 Å². The van der Waals surface area contributed by atoms with Crippen molar-refractivity contribution in [2.75, 3.05) is 7.11 Å². The van der Waals surface area contributed by atoms with Gasteiger partial charge in [-0.15, -0.1) is 5.10 Å². The normalized spacial score (nSPS) is 11.7. The molecule has 124 valence electrons. The largest absolute Gasteiger partial charge is 0.496 e. The third kappa shape index (κ3) is 2.97. The van der Waals surface area contributed by atoms with Crippen LogP contribution in [0.5, 0.6) is 5.75 Å². The smallest absolute Gasteiger partial charge is 0.294 e. The van der Waals surface area contributed by atoms with Gasteiger partial charge in [0.15, 0.2) is 0 Å². The Morgan fingerprint density at radius 2 is 2.00 bits per heavy atom. The summed E-state index contributed by atoms with van der Waals surface area (Å²) in [5.74, 6) is -0.122.